The van der Waals surface area contributed by atoms with Crippen molar-refractivity contribution in [1.29, 1.82) is 0 Å². The van der Waals surface area contributed by atoms with Gasteiger partial charge < -0.3 is 24.8 Å². The Labute approximate surface area is 213 Å². The molecule has 0 heterocycles. The molecule has 0 aromatic heterocycles. The fourth-order valence-corrected chi connectivity index (χ4v) is 3.69. The zero-order valence-corrected chi connectivity index (χ0v) is 21.1. The van der Waals surface area contributed by atoms with Gasteiger partial charge in [-0.25, -0.2) is 0 Å². The fraction of sp³-hybridized carbons (Fsp3) is 0.160. The normalized spacial score (nSPS) is 10.2. The SMILES string of the molecule is COc1ccc(NC(=O)c2cc(NC(=S)NC(=O)c3cc(C)c(OC)c(OC)c3)ccc2Cl)cc1. The molecule has 10 heteroatoms. The van der Waals surface area contributed by atoms with Crippen LogP contribution in [0.2, 0.25) is 5.02 Å². The summed E-state index contributed by atoms with van der Waals surface area (Å²) in [5.41, 5.74) is 2.37. The van der Waals surface area contributed by atoms with E-state index in [1.165, 1.54) is 14.2 Å². The number of hydrogen-bond donors (Lipinski definition) is 3. The van der Waals surface area contributed by atoms with Crippen LogP contribution in [0, 0.1) is 6.92 Å². The molecule has 35 heavy (non-hydrogen) atoms. The molecule has 0 saturated heterocycles. The number of carbonyl (C=O) groups is 2. The average molecular weight is 514 g/mol. The molecular formula is C25H24ClN3O5S. The summed E-state index contributed by atoms with van der Waals surface area (Å²) in [7, 11) is 4.59. The molecule has 182 valence electrons. The smallest absolute Gasteiger partial charge is 0.257 e. The molecule has 0 bridgehead atoms. The van der Waals surface area contributed by atoms with Crippen LogP contribution in [0.25, 0.3) is 0 Å². The maximum absolute atomic E-state index is 12.8. The van der Waals surface area contributed by atoms with Crippen LogP contribution < -0.4 is 30.2 Å². The molecule has 0 unspecified atom stereocenters. The molecule has 3 aromatic carbocycles. The molecule has 8 nitrogen and oxygen atoms in total. The van der Waals surface area contributed by atoms with E-state index in [4.69, 9.17) is 38.0 Å². The van der Waals surface area contributed by atoms with E-state index in [0.29, 0.717) is 34.2 Å². The van der Waals surface area contributed by atoms with E-state index in [2.05, 4.69) is 16.0 Å². The summed E-state index contributed by atoms with van der Waals surface area (Å²) in [6.45, 7) is 1.81. The van der Waals surface area contributed by atoms with Crippen molar-refractivity contribution >= 4 is 52.1 Å². The first kappa shape index (κ1) is 25.8. The molecule has 2 amide bonds. The number of anilines is 2. The zero-order chi connectivity index (χ0) is 25.5. The van der Waals surface area contributed by atoms with Gasteiger partial charge >= 0.3 is 0 Å². The lowest BCUT2D eigenvalue weighted by Gasteiger charge is -2.14. The molecule has 0 aliphatic heterocycles. The number of thiocarbonyl (C=S) groups is 1. The summed E-state index contributed by atoms with van der Waals surface area (Å²) >= 11 is 11.5. The maximum Gasteiger partial charge on any atom is 0.257 e. The van der Waals surface area contributed by atoms with Crippen LogP contribution in [0.3, 0.4) is 0 Å². The molecule has 0 fully saturated rings. The Bertz CT molecular complexity index is 1260. The van der Waals surface area contributed by atoms with Crippen LogP contribution in [-0.2, 0) is 0 Å². The Hall–Kier alpha value is -3.82. The first-order chi connectivity index (χ1) is 16.7. The molecule has 0 atom stereocenters. The van der Waals surface area contributed by atoms with Gasteiger partial charge in [0, 0.05) is 16.9 Å². The Morgan fingerprint density at radius 1 is 0.829 bits per heavy atom. The minimum absolute atomic E-state index is 0.0475. The highest BCUT2D eigenvalue weighted by Crippen LogP contribution is 2.32. The molecule has 0 radical (unpaired) electrons. The first-order valence-electron chi connectivity index (χ1n) is 10.4. The van der Waals surface area contributed by atoms with Crippen molar-refractivity contribution in [1.82, 2.24) is 5.32 Å². The number of carbonyl (C=O) groups excluding carboxylic acids is 2. The summed E-state index contributed by atoms with van der Waals surface area (Å²) in [4.78, 5) is 25.5. The number of ether oxygens (including phenoxy) is 3. The van der Waals surface area contributed by atoms with E-state index in [9.17, 15) is 9.59 Å². The molecular weight excluding hydrogens is 490 g/mol. The third kappa shape index (κ3) is 6.40. The van der Waals surface area contributed by atoms with Crippen molar-refractivity contribution in [2.75, 3.05) is 32.0 Å². The predicted octanol–water partition coefficient (Wildman–Crippen LogP) is 5.05. The number of nitrogens with one attached hydrogen (secondary N) is 3. The molecule has 3 aromatic rings. The van der Waals surface area contributed by atoms with Crippen LogP contribution in [0.1, 0.15) is 26.3 Å². The van der Waals surface area contributed by atoms with Crippen LogP contribution >= 0.6 is 23.8 Å². The molecule has 3 N–H and O–H groups in total. The standard InChI is InChI=1S/C25H24ClN3O5S/c1-14-11-15(12-21(33-3)22(14)34-4)23(30)29-25(35)28-17-7-10-20(26)19(13-17)24(31)27-16-5-8-18(32-2)9-6-16/h5-13H,1-4H3,(H,27,31)(H2,28,29,30,35). The second kappa shape index (κ2) is 11.5. The van der Waals surface area contributed by atoms with Crippen LogP contribution in [0.5, 0.6) is 17.2 Å². The Balaban J connectivity index is 1.69. The average Bonchev–Trinajstić information content (AvgIpc) is 2.84. The van der Waals surface area contributed by atoms with E-state index in [1.54, 1.807) is 68.6 Å². The van der Waals surface area contributed by atoms with Crippen LogP contribution in [0.4, 0.5) is 11.4 Å². The minimum atomic E-state index is -0.432. The van der Waals surface area contributed by atoms with Crippen molar-refractivity contribution in [3.63, 3.8) is 0 Å². The number of halogens is 1. The van der Waals surface area contributed by atoms with Crippen molar-refractivity contribution in [2.24, 2.45) is 0 Å². The van der Waals surface area contributed by atoms with E-state index >= 15 is 0 Å². The van der Waals surface area contributed by atoms with E-state index in [-0.39, 0.29) is 15.7 Å². The van der Waals surface area contributed by atoms with Crippen LogP contribution in [-0.4, -0.2) is 38.3 Å². The number of amides is 2. The third-order valence-corrected chi connectivity index (χ3v) is 5.50. The number of rotatable bonds is 7. The Morgan fingerprint density at radius 3 is 2.14 bits per heavy atom. The minimum Gasteiger partial charge on any atom is -0.497 e. The van der Waals surface area contributed by atoms with Crippen molar-refractivity contribution in [3.05, 3.63) is 76.3 Å². The molecule has 0 aliphatic carbocycles. The van der Waals surface area contributed by atoms with E-state index in [0.717, 1.165) is 5.56 Å². The highest BCUT2D eigenvalue weighted by molar-refractivity contribution is 7.80. The quantitative estimate of drug-likeness (QED) is 0.380. The highest BCUT2D eigenvalue weighted by Gasteiger charge is 2.16. The molecule has 0 aliphatic rings. The first-order valence-corrected chi connectivity index (χ1v) is 11.1. The van der Waals surface area contributed by atoms with Gasteiger partial charge in [0.2, 0.25) is 0 Å². The molecule has 0 spiro atoms. The second-order valence-corrected chi connectivity index (χ2v) is 8.13. The number of aryl methyl sites for hydroxylation is 1. The topological polar surface area (TPSA) is 97.9 Å². The van der Waals surface area contributed by atoms with Gasteiger partial charge in [0.05, 0.1) is 31.9 Å². The fourth-order valence-electron chi connectivity index (χ4n) is 3.27. The Kier molecular flexibility index (Phi) is 8.51. The lowest BCUT2D eigenvalue weighted by molar-refractivity contribution is 0.0975. The summed E-state index contributed by atoms with van der Waals surface area (Å²) < 4.78 is 15.7. The van der Waals surface area contributed by atoms with Gasteiger partial charge in [0.1, 0.15) is 5.75 Å². The van der Waals surface area contributed by atoms with Crippen molar-refractivity contribution in [2.45, 2.75) is 6.92 Å². The van der Waals surface area contributed by atoms with Crippen molar-refractivity contribution < 1.29 is 23.8 Å². The zero-order valence-electron chi connectivity index (χ0n) is 19.5. The summed E-state index contributed by atoms with van der Waals surface area (Å²) in [5, 5.41) is 8.60. The number of methoxy groups -OCH3 is 3. The highest BCUT2D eigenvalue weighted by atomic mass is 35.5. The lowest BCUT2D eigenvalue weighted by Crippen LogP contribution is -2.34. The molecule has 3 rings (SSSR count). The number of hydrogen-bond acceptors (Lipinski definition) is 6. The van der Waals surface area contributed by atoms with Gasteiger partial charge in [-0.2, -0.15) is 0 Å². The van der Waals surface area contributed by atoms with Crippen molar-refractivity contribution in [3.8, 4) is 17.2 Å². The Morgan fingerprint density at radius 2 is 1.51 bits per heavy atom. The van der Waals surface area contributed by atoms with Gasteiger partial charge in [0.15, 0.2) is 16.6 Å². The maximum atomic E-state index is 12.8. The van der Waals surface area contributed by atoms with Gasteiger partial charge in [-0.05, 0) is 79.3 Å². The van der Waals surface area contributed by atoms with Gasteiger partial charge in [-0.1, -0.05) is 11.6 Å². The van der Waals surface area contributed by atoms with Gasteiger partial charge in [-0.3, -0.25) is 14.9 Å². The lowest BCUT2D eigenvalue weighted by atomic mass is 10.1. The monoisotopic (exact) mass is 513 g/mol. The van der Waals surface area contributed by atoms with E-state index in [1.807, 2.05) is 0 Å². The molecule has 0 saturated carbocycles. The largest absolute Gasteiger partial charge is 0.497 e. The van der Waals surface area contributed by atoms with Gasteiger partial charge in [-0.15, -0.1) is 0 Å². The van der Waals surface area contributed by atoms with E-state index < -0.39 is 11.8 Å². The second-order valence-electron chi connectivity index (χ2n) is 7.31. The summed E-state index contributed by atoms with van der Waals surface area (Å²) in [5.74, 6) is 0.816. The van der Waals surface area contributed by atoms with Gasteiger partial charge in [0.25, 0.3) is 11.8 Å². The summed E-state index contributed by atoms with van der Waals surface area (Å²) in [6, 6.07) is 14.9. The number of benzene rings is 3. The predicted molar refractivity (Wildman–Crippen MR) is 140 cm³/mol. The van der Waals surface area contributed by atoms with Crippen LogP contribution in [0.15, 0.2) is 54.6 Å². The third-order valence-electron chi connectivity index (χ3n) is 4.97. The summed E-state index contributed by atoms with van der Waals surface area (Å²) in [6.07, 6.45) is 0.